The highest BCUT2D eigenvalue weighted by Gasteiger charge is 2.63. The lowest BCUT2D eigenvalue weighted by atomic mass is 9.70. The number of rotatable bonds is 3. The minimum atomic E-state index is -0.203. The van der Waals surface area contributed by atoms with Crippen LogP contribution in [0.5, 0.6) is 0 Å². The normalized spacial score (nSPS) is 43.5. The first-order valence-corrected chi connectivity index (χ1v) is 8.11. The number of carbonyl (C=O) groups excluding carboxylic acids is 1. The second-order valence-electron chi connectivity index (χ2n) is 6.80. The molecule has 1 heterocycles. The van der Waals surface area contributed by atoms with E-state index in [0.717, 1.165) is 18.6 Å². The van der Waals surface area contributed by atoms with Crippen molar-refractivity contribution in [3.8, 4) is 0 Å². The van der Waals surface area contributed by atoms with Gasteiger partial charge in [-0.05, 0) is 43.6 Å². The van der Waals surface area contributed by atoms with E-state index >= 15 is 0 Å². The van der Waals surface area contributed by atoms with Gasteiger partial charge in [0, 0.05) is 16.7 Å². The second kappa shape index (κ2) is 4.26. The number of hydrogen-bond acceptors (Lipinski definition) is 4. The maximum Gasteiger partial charge on any atom is 0.335 e. The molecule has 2 fully saturated rings. The van der Waals surface area contributed by atoms with E-state index < -0.39 is 0 Å². The largest absolute Gasteiger partial charge is 0.444 e. The van der Waals surface area contributed by atoms with Gasteiger partial charge in [-0.25, -0.2) is 4.79 Å². The molecule has 3 aliphatic rings. The van der Waals surface area contributed by atoms with Crippen molar-refractivity contribution in [2.75, 3.05) is 5.75 Å². The van der Waals surface area contributed by atoms with Crippen LogP contribution in [-0.2, 0) is 9.53 Å². The van der Waals surface area contributed by atoms with Gasteiger partial charge in [0.25, 0.3) is 0 Å². The van der Waals surface area contributed by atoms with Crippen LogP contribution in [-0.4, -0.2) is 28.4 Å². The highest BCUT2D eigenvalue weighted by molar-refractivity contribution is 8.00. The van der Waals surface area contributed by atoms with Gasteiger partial charge in [0.05, 0.1) is 6.10 Å². The lowest BCUT2D eigenvalue weighted by Gasteiger charge is -2.40. The van der Waals surface area contributed by atoms with Crippen LogP contribution in [0.25, 0.3) is 0 Å². The van der Waals surface area contributed by atoms with Crippen LogP contribution in [0.4, 0.5) is 0 Å². The van der Waals surface area contributed by atoms with Crippen LogP contribution in [0.1, 0.15) is 40.0 Å². The van der Waals surface area contributed by atoms with E-state index in [1.54, 1.807) is 18.7 Å². The van der Waals surface area contributed by atoms with E-state index in [0.29, 0.717) is 11.5 Å². The van der Waals surface area contributed by atoms with Gasteiger partial charge in [0.15, 0.2) is 5.44 Å². The first-order chi connectivity index (χ1) is 8.87. The number of carbonyl (C=O) groups is 1. The smallest absolute Gasteiger partial charge is 0.335 e. The number of ether oxygens (including phenoxy) is 1. The molecule has 2 bridgehead atoms. The van der Waals surface area contributed by atoms with Gasteiger partial charge in [-0.3, -0.25) is 0 Å². The van der Waals surface area contributed by atoms with Crippen LogP contribution in [0.2, 0.25) is 0 Å². The number of cyclic esters (lactones) is 1. The predicted molar refractivity (Wildman–Crippen MR) is 75.7 cm³/mol. The third kappa shape index (κ3) is 1.79. The number of aliphatic hydroxyl groups excluding tert-OH is 1. The summed E-state index contributed by atoms with van der Waals surface area (Å²) in [4.78, 5) is 11.4. The average Bonchev–Trinajstić information content (AvgIpc) is 2.84. The fourth-order valence-electron chi connectivity index (χ4n) is 4.20. The third-order valence-corrected chi connectivity index (χ3v) is 7.07. The topological polar surface area (TPSA) is 46.5 Å². The molecule has 2 aliphatic carbocycles. The van der Waals surface area contributed by atoms with E-state index in [-0.39, 0.29) is 28.3 Å². The average molecular weight is 282 g/mol. The predicted octanol–water partition coefficient (Wildman–Crippen LogP) is 2.74. The summed E-state index contributed by atoms with van der Waals surface area (Å²) in [5, 5.41) is 10.4. The number of aliphatic hydroxyl groups is 1. The molecule has 0 amide bonds. The van der Waals surface area contributed by atoms with E-state index in [1.807, 2.05) is 6.08 Å². The molecule has 4 atom stereocenters. The van der Waals surface area contributed by atoms with Crippen LogP contribution in [0, 0.1) is 16.7 Å². The molecule has 4 heteroatoms. The quantitative estimate of drug-likeness (QED) is 0.809. The van der Waals surface area contributed by atoms with Crippen LogP contribution in [0.3, 0.4) is 0 Å². The molecule has 0 aromatic carbocycles. The highest BCUT2D eigenvalue weighted by atomic mass is 32.2. The Bertz CT molecular complexity index is 443. The van der Waals surface area contributed by atoms with Crippen molar-refractivity contribution in [3.05, 3.63) is 11.6 Å². The SMILES string of the molecule is CC1=C[C@H](SC[C@]23CC[C@H](C[C@H]2O)C3(C)C)OC1=O. The molecule has 0 aromatic rings. The molecular weight excluding hydrogens is 260 g/mol. The van der Waals surface area contributed by atoms with Gasteiger partial charge >= 0.3 is 5.97 Å². The molecule has 3 rings (SSSR count). The molecule has 2 saturated carbocycles. The van der Waals surface area contributed by atoms with Crippen LogP contribution < -0.4 is 0 Å². The van der Waals surface area contributed by atoms with E-state index in [4.69, 9.17) is 4.74 Å². The molecular formula is C15H22O3S. The van der Waals surface area contributed by atoms with Gasteiger partial charge < -0.3 is 9.84 Å². The Labute approximate surface area is 118 Å². The third-order valence-electron chi connectivity index (χ3n) is 5.82. The van der Waals surface area contributed by atoms with E-state index in [1.165, 1.54) is 6.42 Å². The van der Waals surface area contributed by atoms with E-state index in [2.05, 4.69) is 13.8 Å². The lowest BCUT2D eigenvalue weighted by Crippen LogP contribution is -2.41. The molecule has 106 valence electrons. The molecule has 0 aromatic heterocycles. The first kappa shape index (κ1) is 13.5. The van der Waals surface area contributed by atoms with Crippen molar-refractivity contribution in [3.63, 3.8) is 0 Å². The van der Waals surface area contributed by atoms with Gasteiger partial charge in [0.2, 0.25) is 0 Å². The van der Waals surface area contributed by atoms with Crippen LogP contribution in [0.15, 0.2) is 11.6 Å². The standard InChI is InChI=1S/C15H22O3S/c1-9-6-12(18-13(9)17)19-8-15-5-4-10(7-11(15)16)14(15,2)3/h6,10-12,16H,4-5,7-8H2,1-3H3/t10-,11-,12+,15-/m1/s1. The minimum Gasteiger partial charge on any atom is -0.444 e. The Balaban J connectivity index is 1.71. The number of thioether (sulfide) groups is 1. The zero-order chi connectivity index (χ0) is 13.8. The van der Waals surface area contributed by atoms with Gasteiger partial charge in [-0.1, -0.05) is 13.8 Å². The van der Waals surface area contributed by atoms with Crippen molar-refractivity contribution in [1.82, 2.24) is 0 Å². The monoisotopic (exact) mass is 282 g/mol. The van der Waals surface area contributed by atoms with Crippen molar-refractivity contribution >= 4 is 17.7 Å². The summed E-state index contributed by atoms with van der Waals surface area (Å²) in [7, 11) is 0. The molecule has 0 unspecified atom stereocenters. The van der Waals surface area contributed by atoms with Gasteiger partial charge in [-0.15, -0.1) is 11.8 Å². The maximum absolute atomic E-state index is 11.4. The Hall–Kier alpha value is -0.480. The maximum atomic E-state index is 11.4. The number of fused-ring (bicyclic) bond motifs is 2. The molecule has 1 N–H and O–H groups in total. The van der Waals surface area contributed by atoms with Crippen molar-refractivity contribution < 1.29 is 14.6 Å². The first-order valence-electron chi connectivity index (χ1n) is 7.06. The summed E-state index contributed by atoms with van der Waals surface area (Å²) >= 11 is 1.67. The van der Waals surface area contributed by atoms with E-state index in [9.17, 15) is 9.90 Å². The van der Waals surface area contributed by atoms with Gasteiger partial charge in [0.1, 0.15) is 0 Å². The number of hydrogen-bond donors (Lipinski definition) is 1. The number of esters is 1. The van der Waals surface area contributed by atoms with Crippen molar-refractivity contribution in [2.24, 2.45) is 16.7 Å². The van der Waals surface area contributed by atoms with Crippen molar-refractivity contribution in [1.29, 1.82) is 0 Å². The van der Waals surface area contributed by atoms with Crippen molar-refractivity contribution in [2.45, 2.75) is 51.6 Å². The minimum absolute atomic E-state index is 0.000917. The van der Waals surface area contributed by atoms with Crippen LogP contribution >= 0.6 is 11.8 Å². The molecule has 19 heavy (non-hydrogen) atoms. The Morgan fingerprint density at radius 2 is 2.26 bits per heavy atom. The summed E-state index contributed by atoms with van der Waals surface area (Å²) in [6.07, 6.45) is 4.96. The Morgan fingerprint density at radius 1 is 1.53 bits per heavy atom. The molecule has 0 saturated heterocycles. The van der Waals surface area contributed by atoms with Gasteiger partial charge in [-0.2, -0.15) is 0 Å². The molecule has 1 aliphatic heterocycles. The summed E-state index contributed by atoms with van der Waals surface area (Å²) < 4.78 is 5.29. The summed E-state index contributed by atoms with van der Waals surface area (Å²) in [5.74, 6) is 1.32. The molecule has 0 spiro atoms. The zero-order valence-electron chi connectivity index (χ0n) is 11.8. The summed E-state index contributed by atoms with van der Waals surface area (Å²) in [6, 6.07) is 0. The zero-order valence-corrected chi connectivity index (χ0v) is 12.6. The lowest BCUT2D eigenvalue weighted by molar-refractivity contribution is -0.136. The molecule has 0 radical (unpaired) electrons. The Kier molecular flexibility index (Phi) is 3.02. The summed E-state index contributed by atoms with van der Waals surface area (Å²) in [6.45, 7) is 6.38. The second-order valence-corrected chi connectivity index (χ2v) is 7.89. The fourth-order valence-corrected chi connectivity index (χ4v) is 5.82. The highest BCUT2D eigenvalue weighted by Crippen LogP contribution is 2.66. The Morgan fingerprint density at radius 3 is 2.74 bits per heavy atom. The molecule has 3 nitrogen and oxygen atoms in total. The fraction of sp³-hybridized carbons (Fsp3) is 0.800. The summed E-state index contributed by atoms with van der Waals surface area (Å²) in [5.41, 5.74) is 0.731.